The molecule has 4 nitrogen and oxygen atoms in total. The van der Waals surface area contributed by atoms with Crippen LogP contribution in [0.4, 0.5) is 0 Å². The van der Waals surface area contributed by atoms with Crippen molar-refractivity contribution in [2.24, 2.45) is 0 Å². The molecule has 7 heteroatoms. The fourth-order valence-corrected chi connectivity index (χ4v) is 8.20. The third-order valence-electron chi connectivity index (χ3n) is 8.14. The number of hydrogen-bond acceptors (Lipinski definition) is 4. The summed E-state index contributed by atoms with van der Waals surface area (Å²) in [6.07, 6.45) is 8.93. The van der Waals surface area contributed by atoms with Crippen molar-refractivity contribution in [2.45, 2.75) is 75.0 Å². The van der Waals surface area contributed by atoms with E-state index in [4.69, 9.17) is 27.9 Å². The molecule has 2 fully saturated rings. The molecule has 0 spiro atoms. The van der Waals surface area contributed by atoms with Crippen molar-refractivity contribution in [2.75, 3.05) is 25.4 Å². The van der Waals surface area contributed by atoms with Crippen molar-refractivity contribution in [3.05, 3.63) is 63.1 Å². The second-order valence-corrected chi connectivity index (χ2v) is 13.6. The molecule has 1 saturated carbocycles. The maximum absolute atomic E-state index is 12.4. The van der Waals surface area contributed by atoms with Gasteiger partial charge in [-0.05, 0) is 105 Å². The van der Waals surface area contributed by atoms with Gasteiger partial charge in [-0.3, -0.25) is 4.90 Å². The van der Waals surface area contributed by atoms with E-state index in [1.807, 2.05) is 18.2 Å². The summed E-state index contributed by atoms with van der Waals surface area (Å²) >= 11 is 12.5. The highest BCUT2D eigenvalue weighted by Gasteiger charge is 2.35. The zero-order chi connectivity index (χ0) is 24.4. The van der Waals surface area contributed by atoms with Crippen molar-refractivity contribution in [1.29, 1.82) is 0 Å². The highest BCUT2D eigenvalue weighted by Crippen LogP contribution is 2.40. The number of hydrogen-bond donors (Lipinski definition) is 0. The Morgan fingerprint density at radius 3 is 2.46 bits per heavy atom. The minimum atomic E-state index is -2.96. The van der Waals surface area contributed by atoms with Gasteiger partial charge >= 0.3 is 0 Å². The summed E-state index contributed by atoms with van der Waals surface area (Å²) in [6.45, 7) is 2.77. The van der Waals surface area contributed by atoms with Crippen LogP contribution < -0.4 is 4.74 Å². The molecule has 5 rings (SSSR count). The van der Waals surface area contributed by atoms with E-state index in [2.05, 4.69) is 23.1 Å². The maximum atomic E-state index is 12.4. The van der Waals surface area contributed by atoms with Crippen LogP contribution in [0.25, 0.3) is 0 Å². The Morgan fingerprint density at radius 2 is 1.74 bits per heavy atom. The molecule has 0 aromatic heterocycles. The van der Waals surface area contributed by atoms with E-state index in [-0.39, 0.29) is 11.0 Å². The highest BCUT2D eigenvalue weighted by atomic mass is 35.5. The van der Waals surface area contributed by atoms with Crippen molar-refractivity contribution >= 4 is 33.0 Å². The van der Waals surface area contributed by atoms with E-state index in [0.29, 0.717) is 35.0 Å². The van der Waals surface area contributed by atoms with Gasteiger partial charge in [-0.15, -0.1) is 0 Å². The molecule has 1 saturated heterocycles. The third-order valence-corrected chi connectivity index (χ3v) is 11.2. The molecule has 2 aromatic rings. The standard InChI is InChI=1S/C28H35Cl2NO3S/c29-26-11-7-20(18-27(26)30)17-25-24-19-22(34-15-4-16-35(32,33)23-5-3-6-23)10-8-21(24)9-12-28(25)31-13-1-2-14-31/h7-8,10-11,18-19,23,25,28H,1-6,9,12-17H2. The van der Waals surface area contributed by atoms with Gasteiger partial charge in [-0.1, -0.05) is 41.8 Å². The van der Waals surface area contributed by atoms with Gasteiger partial charge in [0.15, 0.2) is 9.84 Å². The Balaban J connectivity index is 1.32. The number of halogens is 2. The topological polar surface area (TPSA) is 46.6 Å². The van der Waals surface area contributed by atoms with Crippen LogP contribution in [0.2, 0.25) is 10.0 Å². The Hall–Kier alpha value is -1.27. The summed E-state index contributed by atoms with van der Waals surface area (Å²) in [7, 11) is -2.96. The van der Waals surface area contributed by atoms with Crippen molar-refractivity contribution in [3.8, 4) is 5.75 Å². The molecule has 1 heterocycles. The first-order valence-electron chi connectivity index (χ1n) is 13.1. The Labute approximate surface area is 219 Å². The SMILES string of the molecule is O=S(=O)(CCCOc1ccc2c(c1)C(Cc1ccc(Cl)c(Cl)c1)C(N1CCCC1)CC2)C1CCC1. The van der Waals surface area contributed by atoms with Gasteiger partial charge in [0.1, 0.15) is 5.75 Å². The van der Waals surface area contributed by atoms with Crippen LogP contribution in [0.1, 0.15) is 67.6 Å². The second kappa shape index (κ2) is 11.0. The molecular formula is C28H35Cl2NO3S. The van der Waals surface area contributed by atoms with Crippen LogP contribution in [0.15, 0.2) is 36.4 Å². The first-order valence-corrected chi connectivity index (χ1v) is 15.5. The van der Waals surface area contributed by atoms with Gasteiger partial charge in [0.25, 0.3) is 0 Å². The van der Waals surface area contributed by atoms with E-state index in [0.717, 1.165) is 44.3 Å². The maximum Gasteiger partial charge on any atom is 0.153 e. The number of ether oxygens (including phenoxy) is 1. The van der Waals surface area contributed by atoms with E-state index in [1.165, 1.54) is 42.6 Å². The Kier molecular flexibility index (Phi) is 7.98. The zero-order valence-electron chi connectivity index (χ0n) is 20.2. The largest absolute Gasteiger partial charge is 0.494 e. The van der Waals surface area contributed by atoms with Gasteiger partial charge in [-0.25, -0.2) is 8.42 Å². The molecule has 190 valence electrons. The summed E-state index contributed by atoms with van der Waals surface area (Å²) in [5.74, 6) is 1.42. The van der Waals surface area contributed by atoms with E-state index < -0.39 is 9.84 Å². The van der Waals surface area contributed by atoms with Crippen LogP contribution in [0.3, 0.4) is 0 Å². The molecule has 2 unspecified atom stereocenters. The fourth-order valence-electron chi connectivity index (χ4n) is 5.97. The Morgan fingerprint density at radius 1 is 0.943 bits per heavy atom. The van der Waals surface area contributed by atoms with Crippen molar-refractivity contribution in [3.63, 3.8) is 0 Å². The van der Waals surface area contributed by atoms with Crippen molar-refractivity contribution < 1.29 is 13.2 Å². The molecule has 1 aliphatic heterocycles. The first-order chi connectivity index (χ1) is 16.9. The van der Waals surface area contributed by atoms with Gasteiger partial charge in [0.2, 0.25) is 0 Å². The van der Waals surface area contributed by atoms with Crippen LogP contribution in [0, 0.1) is 0 Å². The number of nitrogens with zero attached hydrogens (tertiary/aromatic N) is 1. The summed E-state index contributed by atoms with van der Waals surface area (Å²) in [5, 5.41) is 1.08. The number of benzene rings is 2. The quantitative estimate of drug-likeness (QED) is 0.345. The normalized spacial score (nSPS) is 23.1. The second-order valence-electron chi connectivity index (χ2n) is 10.4. The van der Waals surface area contributed by atoms with Gasteiger partial charge in [-0.2, -0.15) is 0 Å². The predicted octanol–water partition coefficient (Wildman–Crippen LogP) is 6.47. The predicted molar refractivity (Wildman–Crippen MR) is 144 cm³/mol. The minimum absolute atomic E-state index is 0.115. The molecule has 2 atom stereocenters. The number of aryl methyl sites for hydroxylation is 1. The lowest BCUT2D eigenvalue weighted by Crippen LogP contribution is -2.41. The molecule has 0 amide bonds. The van der Waals surface area contributed by atoms with Gasteiger partial charge in [0, 0.05) is 12.0 Å². The third kappa shape index (κ3) is 5.84. The molecule has 0 bridgehead atoms. The number of rotatable bonds is 9. The summed E-state index contributed by atoms with van der Waals surface area (Å²) < 4.78 is 30.8. The number of likely N-dealkylation sites (tertiary alicyclic amines) is 1. The molecule has 3 aliphatic rings. The van der Waals surface area contributed by atoms with E-state index in [1.54, 1.807) is 0 Å². The number of sulfone groups is 1. The average molecular weight is 537 g/mol. The summed E-state index contributed by atoms with van der Waals surface area (Å²) in [4.78, 5) is 2.67. The number of fused-ring (bicyclic) bond motifs is 1. The lowest BCUT2D eigenvalue weighted by atomic mass is 9.75. The molecule has 0 N–H and O–H groups in total. The van der Waals surface area contributed by atoms with Crippen LogP contribution in [-0.2, 0) is 22.7 Å². The van der Waals surface area contributed by atoms with E-state index >= 15 is 0 Å². The zero-order valence-corrected chi connectivity index (χ0v) is 22.6. The van der Waals surface area contributed by atoms with Crippen molar-refractivity contribution in [1.82, 2.24) is 4.90 Å². The monoisotopic (exact) mass is 535 g/mol. The fraction of sp³-hybridized carbons (Fsp3) is 0.571. The van der Waals surface area contributed by atoms with Crippen LogP contribution >= 0.6 is 23.2 Å². The molecule has 2 aliphatic carbocycles. The smallest absolute Gasteiger partial charge is 0.153 e. The average Bonchev–Trinajstić information content (AvgIpc) is 3.33. The van der Waals surface area contributed by atoms with Crippen LogP contribution in [0.5, 0.6) is 5.75 Å². The first kappa shape index (κ1) is 25.4. The highest BCUT2D eigenvalue weighted by molar-refractivity contribution is 7.92. The van der Waals surface area contributed by atoms with Crippen LogP contribution in [-0.4, -0.2) is 50.1 Å². The lowest BCUT2D eigenvalue weighted by Gasteiger charge is -2.39. The lowest BCUT2D eigenvalue weighted by molar-refractivity contribution is 0.188. The molecular weight excluding hydrogens is 501 g/mol. The van der Waals surface area contributed by atoms with Gasteiger partial charge < -0.3 is 4.74 Å². The summed E-state index contributed by atoms with van der Waals surface area (Å²) in [6, 6.07) is 12.9. The minimum Gasteiger partial charge on any atom is -0.494 e. The van der Waals surface area contributed by atoms with E-state index in [9.17, 15) is 8.42 Å². The molecule has 2 aromatic carbocycles. The van der Waals surface area contributed by atoms with Gasteiger partial charge in [0.05, 0.1) is 27.7 Å². The molecule has 0 radical (unpaired) electrons. The molecule has 35 heavy (non-hydrogen) atoms. The summed E-state index contributed by atoms with van der Waals surface area (Å²) in [5.41, 5.74) is 3.96. The Bertz CT molecular complexity index is 1140.